The summed E-state index contributed by atoms with van der Waals surface area (Å²) in [4.78, 5) is 22.8. The number of hydrogen-bond donors (Lipinski definition) is 2. The number of aryl methyl sites for hydroxylation is 2. The Hall–Kier alpha value is -3.43. The van der Waals surface area contributed by atoms with Crippen molar-refractivity contribution in [2.24, 2.45) is 0 Å². The van der Waals surface area contributed by atoms with Gasteiger partial charge in [0.25, 0.3) is 21.6 Å². The Morgan fingerprint density at radius 1 is 1.00 bits per heavy atom. The number of rotatable bonds is 6. The highest BCUT2D eigenvalue weighted by atomic mass is 35.5. The second-order valence-electron chi connectivity index (χ2n) is 6.82. The van der Waals surface area contributed by atoms with Gasteiger partial charge in [0.05, 0.1) is 26.1 Å². The molecule has 0 bridgehead atoms. The van der Waals surface area contributed by atoms with Crippen molar-refractivity contribution in [3.05, 3.63) is 92.5 Å². The van der Waals surface area contributed by atoms with E-state index in [1.54, 1.807) is 13.0 Å². The van der Waals surface area contributed by atoms with Gasteiger partial charge >= 0.3 is 0 Å². The lowest BCUT2D eigenvalue weighted by molar-refractivity contribution is -0.384. The van der Waals surface area contributed by atoms with Crippen LogP contribution in [-0.2, 0) is 10.0 Å². The van der Waals surface area contributed by atoms with Crippen molar-refractivity contribution in [1.29, 1.82) is 0 Å². The Kier molecular flexibility index (Phi) is 6.28. The van der Waals surface area contributed by atoms with Gasteiger partial charge in [0.1, 0.15) is 0 Å². The first-order chi connectivity index (χ1) is 14.6. The van der Waals surface area contributed by atoms with Crippen LogP contribution in [0.4, 0.5) is 17.1 Å². The van der Waals surface area contributed by atoms with Crippen LogP contribution in [-0.4, -0.2) is 19.2 Å². The first kappa shape index (κ1) is 22.3. The molecular formula is C21H18ClN3O5S. The van der Waals surface area contributed by atoms with Gasteiger partial charge < -0.3 is 5.32 Å². The Labute approximate surface area is 184 Å². The Balaban J connectivity index is 1.78. The maximum Gasteiger partial charge on any atom is 0.270 e. The maximum atomic E-state index is 12.7. The van der Waals surface area contributed by atoms with Crippen LogP contribution in [0.3, 0.4) is 0 Å². The van der Waals surface area contributed by atoms with Crippen molar-refractivity contribution in [1.82, 2.24) is 0 Å². The van der Waals surface area contributed by atoms with E-state index >= 15 is 0 Å². The zero-order chi connectivity index (χ0) is 22.8. The summed E-state index contributed by atoms with van der Waals surface area (Å²) < 4.78 is 27.9. The topological polar surface area (TPSA) is 118 Å². The molecule has 0 spiro atoms. The Morgan fingerprint density at radius 3 is 2.32 bits per heavy atom. The van der Waals surface area contributed by atoms with Crippen molar-refractivity contribution < 1.29 is 18.1 Å². The van der Waals surface area contributed by atoms with E-state index in [0.717, 1.165) is 17.2 Å². The lowest BCUT2D eigenvalue weighted by Gasteiger charge is -2.12. The number of anilines is 2. The van der Waals surface area contributed by atoms with Crippen LogP contribution in [0.2, 0.25) is 5.02 Å². The number of benzene rings is 3. The van der Waals surface area contributed by atoms with Crippen LogP contribution in [0.1, 0.15) is 21.5 Å². The zero-order valence-electron chi connectivity index (χ0n) is 16.5. The molecule has 0 unspecified atom stereocenters. The summed E-state index contributed by atoms with van der Waals surface area (Å²) in [5.41, 5.74) is 2.15. The highest BCUT2D eigenvalue weighted by Crippen LogP contribution is 2.25. The lowest BCUT2D eigenvalue weighted by atomic mass is 10.1. The molecule has 0 aliphatic rings. The number of carbonyl (C=O) groups is 1. The van der Waals surface area contributed by atoms with Crippen molar-refractivity contribution in [3.8, 4) is 0 Å². The number of hydrogen-bond acceptors (Lipinski definition) is 5. The van der Waals surface area contributed by atoms with E-state index in [0.29, 0.717) is 11.4 Å². The Morgan fingerprint density at radius 2 is 1.68 bits per heavy atom. The van der Waals surface area contributed by atoms with Crippen LogP contribution in [0.25, 0.3) is 0 Å². The molecule has 0 saturated heterocycles. The molecule has 31 heavy (non-hydrogen) atoms. The molecule has 0 saturated carbocycles. The summed E-state index contributed by atoms with van der Waals surface area (Å²) >= 11 is 5.98. The minimum atomic E-state index is -3.83. The van der Waals surface area contributed by atoms with Gasteiger partial charge in [0.2, 0.25) is 0 Å². The number of amides is 1. The molecule has 0 radical (unpaired) electrons. The van der Waals surface area contributed by atoms with Gasteiger partial charge in [-0.25, -0.2) is 8.42 Å². The normalized spacial score (nSPS) is 11.1. The van der Waals surface area contributed by atoms with Crippen LogP contribution < -0.4 is 10.0 Å². The van der Waals surface area contributed by atoms with Crippen molar-refractivity contribution >= 4 is 44.6 Å². The molecule has 0 atom stereocenters. The van der Waals surface area contributed by atoms with Gasteiger partial charge in [0.15, 0.2) is 0 Å². The van der Waals surface area contributed by atoms with E-state index in [1.807, 2.05) is 19.1 Å². The molecule has 160 valence electrons. The fourth-order valence-electron chi connectivity index (χ4n) is 2.77. The van der Waals surface area contributed by atoms with Crippen molar-refractivity contribution in [3.63, 3.8) is 0 Å². The Bertz CT molecular complexity index is 1270. The average Bonchev–Trinajstić information content (AvgIpc) is 2.71. The van der Waals surface area contributed by atoms with Crippen LogP contribution in [0, 0.1) is 24.0 Å². The summed E-state index contributed by atoms with van der Waals surface area (Å²) in [6, 6.07) is 14.5. The van der Waals surface area contributed by atoms with Gasteiger partial charge in [-0.05, 0) is 61.4 Å². The third-order valence-corrected chi connectivity index (χ3v) is 6.18. The van der Waals surface area contributed by atoms with Crippen LogP contribution >= 0.6 is 11.6 Å². The lowest BCUT2D eigenvalue weighted by Crippen LogP contribution is -2.15. The number of nitro groups is 1. The number of nitrogens with one attached hydrogen (secondary N) is 2. The van der Waals surface area contributed by atoms with Crippen molar-refractivity contribution in [2.75, 3.05) is 10.0 Å². The molecule has 0 heterocycles. The molecule has 8 nitrogen and oxygen atoms in total. The highest BCUT2D eigenvalue weighted by molar-refractivity contribution is 7.92. The predicted molar refractivity (Wildman–Crippen MR) is 119 cm³/mol. The first-order valence-corrected chi connectivity index (χ1v) is 10.9. The van der Waals surface area contributed by atoms with E-state index in [-0.39, 0.29) is 21.2 Å². The average molecular weight is 460 g/mol. The number of nitrogens with zero attached hydrogens (tertiary/aromatic N) is 1. The third kappa shape index (κ3) is 5.19. The summed E-state index contributed by atoms with van der Waals surface area (Å²) in [6.45, 7) is 3.66. The van der Waals surface area contributed by atoms with E-state index in [2.05, 4.69) is 10.0 Å². The van der Waals surface area contributed by atoms with Gasteiger partial charge in [-0.15, -0.1) is 0 Å². The number of sulfonamides is 1. The fourth-order valence-corrected chi connectivity index (χ4v) is 4.09. The van der Waals surface area contributed by atoms with Gasteiger partial charge in [-0.3, -0.25) is 19.6 Å². The van der Waals surface area contributed by atoms with E-state index in [9.17, 15) is 23.3 Å². The summed E-state index contributed by atoms with van der Waals surface area (Å²) in [5, 5.41) is 13.5. The molecular weight excluding hydrogens is 442 g/mol. The van der Waals surface area contributed by atoms with Gasteiger partial charge in [0, 0.05) is 17.8 Å². The number of halogens is 1. The fraction of sp³-hybridized carbons (Fsp3) is 0.0952. The monoisotopic (exact) mass is 459 g/mol. The van der Waals surface area contributed by atoms with Crippen LogP contribution in [0.5, 0.6) is 0 Å². The molecule has 3 aromatic carbocycles. The van der Waals surface area contributed by atoms with Gasteiger partial charge in [-0.2, -0.15) is 0 Å². The molecule has 10 heteroatoms. The first-order valence-electron chi connectivity index (χ1n) is 9.02. The van der Waals surface area contributed by atoms with E-state index in [4.69, 9.17) is 11.6 Å². The SMILES string of the molecule is Cc1ccc(C)c(NS(=O)(=O)c2ccc(NC(=O)c3cc([N+](=O)[O-])ccc3Cl)cc2)c1. The predicted octanol–water partition coefficient (Wildman–Crippen LogP) is 4.92. The second kappa shape index (κ2) is 8.75. The molecule has 0 aliphatic heterocycles. The molecule has 2 N–H and O–H groups in total. The number of non-ortho nitro benzene ring substituents is 1. The molecule has 3 aromatic rings. The molecule has 0 fully saturated rings. The summed E-state index contributed by atoms with van der Waals surface area (Å²) in [6.07, 6.45) is 0. The summed E-state index contributed by atoms with van der Waals surface area (Å²) in [5.74, 6) is -0.655. The van der Waals surface area contributed by atoms with E-state index < -0.39 is 20.9 Å². The largest absolute Gasteiger partial charge is 0.322 e. The number of nitro benzene ring substituents is 1. The standard InChI is InChI=1S/C21H18ClN3O5S/c1-13-3-4-14(2)20(11-13)24-31(29,30)17-8-5-15(6-9-17)23-21(26)18-12-16(25(27)28)7-10-19(18)22/h3-12,24H,1-2H3,(H,23,26). The molecule has 0 aliphatic carbocycles. The maximum absolute atomic E-state index is 12.7. The van der Waals surface area contributed by atoms with Gasteiger partial charge in [-0.1, -0.05) is 23.7 Å². The highest BCUT2D eigenvalue weighted by Gasteiger charge is 2.18. The van der Waals surface area contributed by atoms with Crippen LogP contribution in [0.15, 0.2) is 65.6 Å². The van der Waals surface area contributed by atoms with E-state index in [1.165, 1.54) is 36.4 Å². The minimum absolute atomic E-state index is 0.0137. The molecule has 3 rings (SSSR count). The second-order valence-corrected chi connectivity index (χ2v) is 8.91. The minimum Gasteiger partial charge on any atom is -0.322 e. The third-order valence-electron chi connectivity index (χ3n) is 4.47. The smallest absolute Gasteiger partial charge is 0.270 e. The molecule has 1 amide bonds. The summed E-state index contributed by atoms with van der Waals surface area (Å²) in [7, 11) is -3.83. The molecule has 0 aromatic heterocycles. The number of carbonyl (C=O) groups excluding carboxylic acids is 1. The van der Waals surface area contributed by atoms with Crippen molar-refractivity contribution in [2.45, 2.75) is 18.7 Å². The zero-order valence-corrected chi connectivity index (χ0v) is 18.1. The quantitative estimate of drug-likeness (QED) is 0.400.